The van der Waals surface area contributed by atoms with Crippen molar-refractivity contribution in [2.24, 2.45) is 0 Å². The van der Waals surface area contributed by atoms with E-state index in [1.807, 2.05) is 11.3 Å². The number of fused-ring (bicyclic) bond motifs is 1. The first kappa shape index (κ1) is 14.0. The van der Waals surface area contributed by atoms with Gasteiger partial charge in [-0.05, 0) is 39.9 Å². The maximum atomic E-state index is 4.91. The van der Waals surface area contributed by atoms with Crippen molar-refractivity contribution in [3.63, 3.8) is 0 Å². The highest BCUT2D eigenvalue weighted by Gasteiger charge is 2.24. The molecular weight excluding hydrogens is 242 g/mol. The van der Waals surface area contributed by atoms with Gasteiger partial charge in [-0.2, -0.15) is 0 Å². The van der Waals surface area contributed by atoms with Crippen LogP contribution in [-0.4, -0.2) is 43.6 Å². The van der Waals surface area contributed by atoms with Gasteiger partial charge in [0.25, 0.3) is 0 Å². The number of nitrogens with zero attached hydrogens (tertiary/aromatic N) is 2. The average Bonchev–Trinajstić information content (AvgIpc) is 2.77. The van der Waals surface area contributed by atoms with Crippen LogP contribution >= 0.6 is 11.3 Å². The van der Waals surface area contributed by atoms with Gasteiger partial charge >= 0.3 is 0 Å². The van der Waals surface area contributed by atoms with Crippen molar-refractivity contribution in [1.29, 1.82) is 0 Å². The van der Waals surface area contributed by atoms with Gasteiger partial charge in [0.05, 0.1) is 10.7 Å². The second kappa shape index (κ2) is 6.64. The minimum Gasteiger partial charge on any atom is -0.316 e. The van der Waals surface area contributed by atoms with E-state index in [1.165, 1.54) is 30.0 Å². The lowest BCUT2D eigenvalue weighted by Crippen LogP contribution is -2.24. The smallest absolute Gasteiger partial charge is 0.0944 e. The summed E-state index contributed by atoms with van der Waals surface area (Å²) in [7, 11) is 4.25. The molecule has 0 saturated carbocycles. The summed E-state index contributed by atoms with van der Waals surface area (Å²) in [5, 5.41) is 4.81. The van der Waals surface area contributed by atoms with Gasteiger partial charge in [0.15, 0.2) is 0 Å². The molecule has 1 atom stereocenters. The highest BCUT2D eigenvalue weighted by Crippen LogP contribution is 2.34. The number of rotatable bonds is 6. The molecule has 0 bridgehead atoms. The van der Waals surface area contributed by atoms with Crippen LogP contribution in [0, 0.1) is 0 Å². The van der Waals surface area contributed by atoms with E-state index >= 15 is 0 Å². The number of likely N-dealkylation sites (N-methyl/N-ethyl adjacent to an activating group) is 2. The lowest BCUT2D eigenvalue weighted by atomic mass is 9.91. The third-order valence-electron chi connectivity index (χ3n) is 3.53. The SMILES string of the molecule is CCNCC1CCCc2sc(CCN(C)C)nc21. The van der Waals surface area contributed by atoms with Crippen molar-refractivity contribution in [3.05, 3.63) is 15.6 Å². The molecule has 0 aromatic carbocycles. The summed E-state index contributed by atoms with van der Waals surface area (Å²) in [5.74, 6) is 0.651. The molecule has 4 heteroatoms. The Balaban J connectivity index is 2.03. The Bertz CT molecular complexity index is 373. The van der Waals surface area contributed by atoms with Crippen LogP contribution in [0.2, 0.25) is 0 Å². The molecule has 1 aromatic rings. The maximum Gasteiger partial charge on any atom is 0.0944 e. The average molecular weight is 267 g/mol. The van der Waals surface area contributed by atoms with E-state index in [1.54, 1.807) is 4.88 Å². The Morgan fingerprint density at radius 2 is 2.28 bits per heavy atom. The number of hydrogen-bond donors (Lipinski definition) is 1. The summed E-state index contributed by atoms with van der Waals surface area (Å²) in [6.07, 6.45) is 4.98. The fraction of sp³-hybridized carbons (Fsp3) is 0.786. The van der Waals surface area contributed by atoms with E-state index in [0.717, 1.165) is 26.1 Å². The minimum atomic E-state index is 0.651. The third kappa shape index (κ3) is 3.53. The highest BCUT2D eigenvalue weighted by molar-refractivity contribution is 7.11. The van der Waals surface area contributed by atoms with Crippen LogP contribution in [0.15, 0.2) is 0 Å². The molecule has 1 unspecified atom stereocenters. The molecule has 0 spiro atoms. The zero-order valence-electron chi connectivity index (χ0n) is 11.8. The fourth-order valence-electron chi connectivity index (χ4n) is 2.50. The quantitative estimate of drug-likeness (QED) is 0.857. The van der Waals surface area contributed by atoms with Gasteiger partial charge in [-0.1, -0.05) is 6.92 Å². The van der Waals surface area contributed by atoms with E-state index in [4.69, 9.17) is 4.98 Å². The Morgan fingerprint density at radius 1 is 1.44 bits per heavy atom. The molecular formula is C14H25N3S. The predicted molar refractivity (Wildman–Crippen MR) is 78.6 cm³/mol. The molecule has 0 saturated heterocycles. The first-order valence-electron chi connectivity index (χ1n) is 7.04. The van der Waals surface area contributed by atoms with Crippen molar-refractivity contribution < 1.29 is 0 Å². The summed E-state index contributed by atoms with van der Waals surface area (Å²) in [6, 6.07) is 0. The highest BCUT2D eigenvalue weighted by atomic mass is 32.1. The topological polar surface area (TPSA) is 28.2 Å². The fourth-order valence-corrected chi connectivity index (χ4v) is 3.69. The van der Waals surface area contributed by atoms with Crippen LogP contribution in [-0.2, 0) is 12.8 Å². The van der Waals surface area contributed by atoms with Gasteiger partial charge < -0.3 is 10.2 Å². The summed E-state index contributed by atoms with van der Waals surface area (Å²) in [4.78, 5) is 8.70. The van der Waals surface area contributed by atoms with Crippen molar-refractivity contribution in [1.82, 2.24) is 15.2 Å². The van der Waals surface area contributed by atoms with Gasteiger partial charge in [0.1, 0.15) is 0 Å². The van der Waals surface area contributed by atoms with Gasteiger partial charge in [-0.3, -0.25) is 0 Å². The molecule has 102 valence electrons. The monoisotopic (exact) mass is 267 g/mol. The van der Waals surface area contributed by atoms with Crippen LogP contribution in [0.3, 0.4) is 0 Å². The first-order valence-corrected chi connectivity index (χ1v) is 7.86. The van der Waals surface area contributed by atoms with Gasteiger partial charge in [0, 0.05) is 30.3 Å². The Kier molecular flexibility index (Phi) is 5.15. The van der Waals surface area contributed by atoms with Crippen LogP contribution in [0.5, 0.6) is 0 Å². The van der Waals surface area contributed by atoms with Crippen molar-refractivity contribution in [3.8, 4) is 0 Å². The molecule has 0 radical (unpaired) electrons. The van der Waals surface area contributed by atoms with Gasteiger partial charge in [-0.15, -0.1) is 11.3 Å². The molecule has 1 aromatic heterocycles. The number of hydrogen-bond acceptors (Lipinski definition) is 4. The molecule has 2 rings (SSSR count). The minimum absolute atomic E-state index is 0.651. The normalized spacial score (nSPS) is 19.2. The van der Waals surface area contributed by atoms with Gasteiger partial charge in [-0.25, -0.2) is 4.98 Å². The van der Waals surface area contributed by atoms with Gasteiger partial charge in [0.2, 0.25) is 0 Å². The van der Waals surface area contributed by atoms with E-state index < -0.39 is 0 Å². The van der Waals surface area contributed by atoms with E-state index in [0.29, 0.717) is 5.92 Å². The predicted octanol–water partition coefficient (Wildman–Crippen LogP) is 2.28. The van der Waals surface area contributed by atoms with Crippen molar-refractivity contribution in [2.45, 2.75) is 38.5 Å². The lowest BCUT2D eigenvalue weighted by molar-refractivity contribution is 0.413. The second-order valence-corrected chi connectivity index (χ2v) is 6.53. The molecule has 0 aliphatic heterocycles. The van der Waals surface area contributed by atoms with Crippen LogP contribution in [0.4, 0.5) is 0 Å². The summed E-state index contributed by atoms with van der Waals surface area (Å²) in [6.45, 7) is 5.43. The Labute approximate surface area is 115 Å². The Hall–Kier alpha value is -0.450. The first-order chi connectivity index (χ1) is 8.70. The molecule has 18 heavy (non-hydrogen) atoms. The Morgan fingerprint density at radius 3 is 3.00 bits per heavy atom. The zero-order chi connectivity index (χ0) is 13.0. The zero-order valence-corrected chi connectivity index (χ0v) is 12.6. The molecule has 1 aliphatic rings. The number of thiazole rings is 1. The van der Waals surface area contributed by atoms with Crippen LogP contribution in [0.1, 0.15) is 41.3 Å². The van der Waals surface area contributed by atoms with Crippen LogP contribution in [0.25, 0.3) is 0 Å². The van der Waals surface area contributed by atoms with Crippen molar-refractivity contribution in [2.75, 3.05) is 33.7 Å². The summed E-state index contributed by atoms with van der Waals surface area (Å²) < 4.78 is 0. The van der Waals surface area contributed by atoms with E-state index in [-0.39, 0.29) is 0 Å². The van der Waals surface area contributed by atoms with Crippen molar-refractivity contribution >= 4 is 11.3 Å². The second-order valence-electron chi connectivity index (χ2n) is 5.37. The summed E-state index contributed by atoms with van der Waals surface area (Å²) in [5.41, 5.74) is 1.40. The standard InChI is InChI=1S/C14H25N3S/c1-4-15-10-11-6-5-7-12-14(11)16-13(18-12)8-9-17(2)3/h11,15H,4-10H2,1-3H3. The lowest BCUT2D eigenvalue weighted by Gasteiger charge is -2.21. The molecule has 1 aliphatic carbocycles. The number of nitrogens with one attached hydrogen (secondary N) is 1. The summed E-state index contributed by atoms with van der Waals surface area (Å²) >= 11 is 1.95. The number of aryl methyl sites for hydroxylation is 1. The molecule has 1 N–H and O–H groups in total. The number of aromatic nitrogens is 1. The third-order valence-corrected chi connectivity index (χ3v) is 4.72. The van der Waals surface area contributed by atoms with E-state index in [2.05, 4.69) is 31.2 Å². The molecule has 0 amide bonds. The maximum absolute atomic E-state index is 4.91. The molecule has 3 nitrogen and oxygen atoms in total. The molecule has 1 heterocycles. The largest absolute Gasteiger partial charge is 0.316 e. The molecule has 0 fully saturated rings. The van der Waals surface area contributed by atoms with E-state index in [9.17, 15) is 0 Å². The van der Waals surface area contributed by atoms with Crippen LogP contribution < -0.4 is 5.32 Å².